The third-order valence-electron chi connectivity index (χ3n) is 5.44. The van der Waals surface area contributed by atoms with Gasteiger partial charge in [0.25, 0.3) is 0 Å². The van der Waals surface area contributed by atoms with Gasteiger partial charge >= 0.3 is 6.01 Å². The monoisotopic (exact) mass is 398 g/mol. The molecule has 2 fully saturated rings. The predicted molar refractivity (Wildman–Crippen MR) is 114 cm³/mol. The average Bonchev–Trinajstić information content (AvgIpc) is 3.08. The van der Waals surface area contributed by atoms with Gasteiger partial charge in [0.15, 0.2) is 0 Å². The number of methoxy groups -OCH3 is 1. The van der Waals surface area contributed by atoms with E-state index >= 15 is 0 Å². The quantitative estimate of drug-likeness (QED) is 0.796. The van der Waals surface area contributed by atoms with Crippen molar-refractivity contribution in [2.45, 2.75) is 32.2 Å². The molecule has 0 saturated carbocycles. The van der Waals surface area contributed by atoms with Gasteiger partial charge in [-0.3, -0.25) is 0 Å². The standard InChI is InChI=1S/C21H30N6O2/c1-28-21-24-19(23-20(25-21)27-10-4-2-3-5-11-27)22-16-17-6-8-18(9-7-17)26-12-14-29-15-13-26/h6-9H,2-5,10-16H2,1H3,(H,22,23,24,25). The highest BCUT2D eigenvalue weighted by atomic mass is 16.5. The van der Waals surface area contributed by atoms with Gasteiger partial charge < -0.3 is 24.6 Å². The molecule has 0 spiro atoms. The van der Waals surface area contributed by atoms with E-state index < -0.39 is 0 Å². The van der Waals surface area contributed by atoms with E-state index in [1.54, 1.807) is 7.11 Å². The van der Waals surface area contributed by atoms with Gasteiger partial charge in [-0.1, -0.05) is 25.0 Å². The maximum Gasteiger partial charge on any atom is 0.322 e. The molecular formula is C21H30N6O2. The molecule has 0 unspecified atom stereocenters. The van der Waals surface area contributed by atoms with Crippen LogP contribution in [0, 0.1) is 0 Å². The van der Waals surface area contributed by atoms with E-state index in [9.17, 15) is 0 Å². The summed E-state index contributed by atoms with van der Waals surface area (Å²) in [6, 6.07) is 8.97. The van der Waals surface area contributed by atoms with Crippen molar-refractivity contribution in [3.8, 4) is 6.01 Å². The van der Waals surface area contributed by atoms with Crippen molar-refractivity contribution in [3.05, 3.63) is 29.8 Å². The van der Waals surface area contributed by atoms with Crippen molar-refractivity contribution in [3.63, 3.8) is 0 Å². The van der Waals surface area contributed by atoms with Crippen molar-refractivity contribution in [2.75, 3.05) is 61.6 Å². The molecule has 29 heavy (non-hydrogen) atoms. The minimum absolute atomic E-state index is 0.351. The summed E-state index contributed by atoms with van der Waals surface area (Å²) in [6.45, 7) is 6.10. The summed E-state index contributed by atoms with van der Waals surface area (Å²) in [6.07, 6.45) is 4.88. The zero-order valence-electron chi connectivity index (χ0n) is 17.1. The van der Waals surface area contributed by atoms with Gasteiger partial charge in [-0.05, 0) is 30.5 Å². The second kappa shape index (κ2) is 9.73. The summed E-state index contributed by atoms with van der Waals surface area (Å²) >= 11 is 0. The molecule has 0 atom stereocenters. The Labute approximate surface area is 172 Å². The number of hydrogen-bond donors (Lipinski definition) is 1. The molecule has 0 radical (unpaired) electrons. The third kappa shape index (κ3) is 5.26. The van der Waals surface area contributed by atoms with Crippen LogP contribution in [-0.2, 0) is 11.3 Å². The molecular weight excluding hydrogens is 368 g/mol. The Morgan fingerprint density at radius 2 is 1.62 bits per heavy atom. The molecule has 0 aliphatic carbocycles. The van der Waals surface area contributed by atoms with Gasteiger partial charge in [-0.2, -0.15) is 15.0 Å². The normalized spacial score (nSPS) is 17.7. The van der Waals surface area contributed by atoms with Crippen LogP contribution in [0.3, 0.4) is 0 Å². The lowest BCUT2D eigenvalue weighted by Gasteiger charge is -2.28. The lowest BCUT2D eigenvalue weighted by molar-refractivity contribution is 0.122. The van der Waals surface area contributed by atoms with Crippen molar-refractivity contribution in [2.24, 2.45) is 0 Å². The highest BCUT2D eigenvalue weighted by molar-refractivity contribution is 5.48. The SMILES string of the molecule is COc1nc(NCc2ccc(N3CCOCC3)cc2)nc(N2CCCCCC2)n1. The number of nitrogens with one attached hydrogen (secondary N) is 1. The Morgan fingerprint density at radius 3 is 2.31 bits per heavy atom. The van der Waals surface area contributed by atoms with E-state index in [1.165, 1.54) is 36.9 Å². The van der Waals surface area contributed by atoms with E-state index in [0.29, 0.717) is 24.5 Å². The number of benzene rings is 1. The molecule has 0 amide bonds. The molecule has 2 aromatic rings. The number of nitrogens with zero attached hydrogens (tertiary/aromatic N) is 5. The molecule has 2 saturated heterocycles. The predicted octanol–water partition coefficient (Wildman–Crippen LogP) is 2.71. The third-order valence-corrected chi connectivity index (χ3v) is 5.44. The largest absolute Gasteiger partial charge is 0.467 e. The molecule has 1 N–H and O–H groups in total. The summed E-state index contributed by atoms with van der Waals surface area (Å²) in [5, 5.41) is 3.33. The summed E-state index contributed by atoms with van der Waals surface area (Å²) in [5.41, 5.74) is 2.42. The lowest BCUT2D eigenvalue weighted by Crippen LogP contribution is -2.36. The van der Waals surface area contributed by atoms with Crippen LogP contribution >= 0.6 is 0 Å². The maximum absolute atomic E-state index is 5.43. The minimum atomic E-state index is 0.351. The topological polar surface area (TPSA) is 75.6 Å². The molecule has 1 aromatic carbocycles. The first-order valence-electron chi connectivity index (χ1n) is 10.5. The van der Waals surface area contributed by atoms with Crippen LogP contribution in [0.25, 0.3) is 0 Å². The van der Waals surface area contributed by atoms with E-state index in [1.807, 2.05) is 0 Å². The van der Waals surface area contributed by atoms with Crippen molar-refractivity contribution < 1.29 is 9.47 Å². The number of aromatic nitrogens is 3. The number of anilines is 3. The molecule has 8 nitrogen and oxygen atoms in total. The zero-order valence-corrected chi connectivity index (χ0v) is 17.1. The van der Waals surface area contributed by atoms with Gasteiger partial charge in [-0.15, -0.1) is 0 Å². The Morgan fingerprint density at radius 1 is 0.897 bits per heavy atom. The second-order valence-electron chi connectivity index (χ2n) is 7.47. The van der Waals surface area contributed by atoms with Gasteiger partial charge in [0.2, 0.25) is 11.9 Å². The Hall–Kier alpha value is -2.61. The highest BCUT2D eigenvalue weighted by Gasteiger charge is 2.16. The molecule has 8 heteroatoms. The van der Waals surface area contributed by atoms with Gasteiger partial charge in [0.05, 0.1) is 20.3 Å². The number of rotatable bonds is 6. The fourth-order valence-electron chi connectivity index (χ4n) is 3.76. The van der Waals surface area contributed by atoms with Crippen molar-refractivity contribution in [1.82, 2.24) is 15.0 Å². The first-order valence-corrected chi connectivity index (χ1v) is 10.5. The summed E-state index contributed by atoms with van der Waals surface area (Å²) in [4.78, 5) is 18.1. The van der Waals surface area contributed by atoms with Crippen molar-refractivity contribution >= 4 is 17.6 Å². The molecule has 2 aliphatic heterocycles. The van der Waals surface area contributed by atoms with Crippen LogP contribution in [0.15, 0.2) is 24.3 Å². The number of hydrogen-bond acceptors (Lipinski definition) is 8. The fraction of sp³-hybridized carbons (Fsp3) is 0.571. The minimum Gasteiger partial charge on any atom is -0.467 e. The summed E-state index contributed by atoms with van der Waals surface area (Å²) in [7, 11) is 1.59. The van der Waals surface area contributed by atoms with Crippen LogP contribution < -0.4 is 19.9 Å². The van der Waals surface area contributed by atoms with E-state index in [-0.39, 0.29) is 0 Å². The van der Waals surface area contributed by atoms with Crippen LogP contribution in [-0.4, -0.2) is 61.5 Å². The van der Waals surface area contributed by atoms with Crippen LogP contribution in [0.5, 0.6) is 6.01 Å². The summed E-state index contributed by atoms with van der Waals surface area (Å²) < 4.78 is 10.7. The van der Waals surface area contributed by atoms with Crippen molar-refractivity contribution in [1.29, 1.82) is 0 Å². The molecule has 4 rings (SSSR count). The molecule has 156 valence electrons. The smallest absolute Gasteiger partial charge is 0.322 e. The van der Waals surface area contributed by atoms with Gasteiger partial charge in [0.1, 0.15) is 0 Å². The van der Waals surface area contributed by atoms with E-state index in [0.717, 1.165) is 39.4 Å². The number of ether oxygens (including phenoxy) is 2. The molecule has 3 heterocycles. The summed E-state index contributed by atoms with van der Waals surface area (Å²) in [5.74, 6) is 1.25. The zero-order chi connectivity index (χ0) is 19.9. The van der Waals surface area contributed by atoms with Crippen LogP contribution in [0.2, 0.25) is 0 Å². The van der Waals surface area contributed by atoms with E-state index in [4.69, 9.17) is 9.47 Å². The Bertz CT molecular complexity index is 771. The molecule has 1 aromatic heterocycles. The molecule has 0 bridgehead atoms. The lowest BCUT2D eigenvalue weighted by atomic mass is 10.2. The first kappa shape index (κ1) is 19.7. The fourth-order valence-corrected chi connectivity index (χ4v) is 3.76. The van der Waals surface area contributed by atoms with E-state index in [2.05, 4.69) is 54.3 Å². The second-order valence-corrected chi connectivity index (χ2v) is 7.47. The van der Waals surface area contributed by atoms with Crippen LogP contribution in [0.1, 0.15) is 31.2 Å². The Kier molecular flexibility index (Phi) is 6.61. The molecule has 2 aliphatic rings. The van der Waals surface area contributed by atoms with Gasteiger partial charge in [0, 0.05) is 38.4 Å². The maximum atomic E-state index is 5.43. The average molecular weight is 399 g/mol. The first-order chi connectivity index (χ1) is 14.3. The Balaban J connectivity index is 1.41. The van der Waals surface area contributed by atoms with Crippen LogP contribution in [0.4, 0.5) is 17.6 Å². The van der Waals surface area contributed by atoms with Gasteiger partial charge in [-0.25, -0.2) is 0 Å². The number of morpholine rings is 1. The highest BCUT2D eigenvalue weighted by Crippen LogP contribution is 2.20.